The maximum absolute atomic E-state index is 11.5. The largest absolute Gasteiger partial charge is 0.460 e. The lowest BCUT2D eigenvalue weighted by molar-refractivity contribution is -0.157. The Bertz CT molecular complexity index is 600. The van der Waals surface area contributed by atoms with Gasteiger partial charge in [0.15, 0.2) is 0 Å². The number of hydrogen-bond donors (Lipinski definition) is 2. The van der Waals surface area contributed by atoms with Gasteiger partial charge in [0.2, 0.25) is 0 Å². The summed E-state index contributed by atoms with van der Waals surface area (Å²) in [6.45, 7) is 21.0. The number of carbonyl (C=O) groups excluding carboxylic acids is 3. The van der Waals surface area contributed by atoms with E-state index in [4.69, 9.17) is 34.2 Å². The number of carbonyl (C=O) groups is 3. The molecule has 0 heterocycles. The summed E-state index contributed by atoms with van der Waals surface area (Å²) in [4.78, 5) is 34.0. The first-order valence-electron chi connectivity index (χ1n) is 13.2. The van der Waals surface area contributed by atoms with Crippen LogP contribution in [0.3, 0.4) is 0 Å². The van der Waals surface area contributed by atoms with Gasteiger partial charge in [0.25, 0.3) is 0 Å². The van der Waals surface area contributed by atoms with Gasteiger partial charge in [-0.05, 0) is 62.3 Å². The highest BCUT2D eigenvalue weighted by molar-refractivity contribution is 5.70. The highest BCUT2D eigenvalue weighted by Crippen LogP contribution is 2.09. The van der Waals surface area contributed by atoms with Gasteiger partial charge in [-0.1, -0.05) is 0 Å². The van der Waals surface area contributed by atoms with Gasteiger partial charge in [-0.3, -0.25) is 14.4 Å². The molecule has 0 amide bonds. The first kappa shape index (κ1) is 38.4. The lowest BCUT2D eigenvalue weighted by atomic mass is 10.2. The number of ether oxygens (including phenoxy) is 6. The van der Waals surface area contributed by atoms with Crippen LogP contribution in [-0.2, 0) is 42.8 Å². The van der Waals surface area contributed by atoms with Crippen LogP contribution in [0.25, 0.3) is 0 Å². The summed E-state index contributed by atoms with van der Waals surface area (Å²) in [6, 6.07) is 0. The van der Waals surface area contributed by atoms with Crippen molar-refractivity contribution in [1.82, 2.24) is 5.32 Å². The van der Waals surface area contributed by atoms with Crippen LogP contribution < -0.4 is 11.1 Å². The third-order valence-corrected chi connectivity index (χ3v) is 3.72. The molecule has 0 aromatic rings. The SMILES string of the molecule is CC(C)(C)OC(=O)CCOCCN.CC(C)(C)OC(=O)CCOCCNCCOCCC(=O)OC(C)(C)C. The third-order valence-electron chi connectivity index (χ3n) is 3.72. The van der Waals surface area contributed by atoms with Crippen molar-refractivity contribution in [1.29, 1.82) is 0 Å². The van der Waals surface area contributed by atoms with Gasteiger partial charge < -0.3 is 39.5 Å². The molecule has 0 bridgehead atoms. The molecular weight excluding hydrogens is 496 g/mol. The minimum atomic E-state index is -0.456. The summed E-state index contributed by atoms with van der Waals surface area (Å²) in [5, 5.41) is 3.16. The van der Waals surface area contributed by atoms with E-state index in [1.54, 1.807) is 0 Å². The van der Waals surface area contributed by atoms with Gasteiger partial charge in [-0.15, -0.1) is 0 Å². The van der Waals surface area contributed by atoms with Gasteiger partial charge in [0, 0.05) is 19.6 Å². The first-order chi connectivity index (χ1) is 17.4. The van der Waals surface area contributed by atoms with Crippen LogP contribution in [0.15, 0.2) is 0 Å². The van der Waals surface area contributed by atoms with Crippen LogP contribution in [0.4, 0.5) is 0 Å². The van der Waals surface area contributed by atoms with Crippen LogP contribution in [0.1, 0.15) is 81.6 Å². The van der Waals surface area contributed by atoms with E-state index < -0.39 is 16.8 Å². The molecule has 38 heavy (non-hydrogen) atoms. The van der Waals surface area contributed by atoms with Crippen LogP contribution in [0, 0.1) is 0 Å². The fourth-order valence-electron chi connectivity index (χ4n) is 2.45. The number of hydrogen-bond acceptors (Lipinski definition) is 11. The molecule has 0 aliphatic carbocycles. The second-order valence-electron chi connectivity index (χ2n) is 11.4. The highest BCUT2D eigenvalue weighted by atomic mass is 16.6. The predicted octanol–water partition coefficient (Wildman–Crippen LogP) is 2.77. The molecule has 0 saturated heterocycles. The minimum Gasteiger partial charge on any atom is -0.460 e. The van der Waals surface area contributed by atoms with Gasteiger partial charge >= 0.3 is 17.9 Å². The Labute approximate surface area is 229 Å². The number of rotatable bonds is 17. The lowest BCUT2D eigenvalue weighted by Crippen LogP contribution is -2.27. The van der Waals surface area contributed by atoms with E-state index in [2.05, 4.69) is 5.32 Å². The molecule has 11 heteroatoms. The molecule has 0 rings (SSSR count). The Morgan fingerprint density at radius 3 is 1.08 bits per heavy atom. The fraction of sp³-hybridized carbons (Fsp3) is 0.889. The van der Waals surface area contributed by atoms with E-state index in [0.29, 0.717) is 59.3 Å². The van der Waals surface area contributed by atoms with Crippen molar-refractivity contribution in [2.75, 3.05) is 59.3 Å². The standard InChI is InChI=1S/C18H35NO6.C9H19NO3/c1-17(2,3)24-15(20)7-11-22-13-9-19-10-14-23-12-8-16(21)25-18(4,5)6;1-9(2,3)13-8(11)4-6-12-7-5-10/h19H,7-14H2,1-6H3;4-7,10H2,1-3H3. The summed E-state index contributed by atoms with van der Waals surface area (Å²) in [5.74, 6) is -0.734. The van der Waals surface area contributed by atoms with Gasteiger partial charge in [0.1, 0.15) is 16.8 Å². The molecule has 3 N–H and O–H groups in total. The molecule has 0 fully saturated rings. The predicted molar refractivity (Wildman–Crippen MR) is 146 cm³/mol. The molecule has 0 spiro atoms. The van der Waals surface area contributed by atoms with Crippen LogP contribution in [0.5, 0.6) is 0 Å². The van der Waals surface area contributed by atoms with Crippen LogP contribution in [-0.4, -0.2) is 94.0 Å². The molecule has 0 unspecified atom stereocenters. The Morgan fingerprint density at radius 2 is 0.816 bits per heavy atom. The maximum atomic E-state index is 11.5. The first-order valence-corrected chi connectivity index (χ1v) is 13.2. The lowest BCUT2D eigenvalue weighted by Gasteiger charge is -2.19. The molecule has 0 radical (unpaired) electrons. The highest BCUT2D eigenvalue weighted by Gasteiger charge is 2.17. The summed E-state index contributed by atoms with van der Waals surface area (Å²) in [7, 11) is 0. The summed E-state index contributed by atoms with van der Waals surface area (Å²) >= 11 is 0. The van der Waals surface area contributed by atoms with Gasteiger partial charge in [-0.25, -0.2) is 0 Å². The molecule has 11 nitrogen and oxygen atoms in total. The Balaban J connectivity index is 0. The molecule has 0 atom stereocenters. The van der Waals surface area contributed by atoms with E-state index in [1.165, 1.54) is 0 Å². The van der Waals surface area contributed by atoms with Crippen molar-refractivity contribution in [3.8, 4) is 0 Å². The van der Waals surface area contributed by atoms with Crippen LogP contribution in [0.2, 0.25) is 0 Å². The molecule has 226 valence electrons. The molecular formula is C27H54N2O9. The minimum absolute atomic E-state index is 0.232. The summed E-state index contributed by atoms with van der Waals surface area (Å²) < 4.78 is 31.2. The smallest absolute Gasteiger partial charge is 0.308 e. The maximum Gasteiger partial charge on any atom is 0.308 e. The van der Waals surface area contributed by atoms with Crippen molar-refractivity contribution in [2.45, 2.75) is 98.4 Å². The monoisotopic (exact) mass is 550 g/mol. The van der Waals surface area contributed by atoms with Gasteiger partial charge in [0.05, 0.1) is 58.9 Å². The molecule has 0 saturated carbocycles. The average Bonchev–Trinajstić information content (AvgIpc) is 2.72. The van der Waals surface area contributed by atoms with E-state index in [0.717, 1.165) is 0 Å². The zero-order chi connectivity index (χ0) is 29.7. The van der Waals surface area contributed by atoms with Crippen molar-refractivity contribution in [3.63, 3.8) is 0 Å². The van der Waals surface area contributed by atoms with E-state index in [9.17, 15) is 14.4 Å². The molecule has 0 aromatic carbocycles. The average molecular weight is 551 g/mol. The van der Waals surface area contributed by atoms with Crippen molar-refractivity contribution in [3.05, 3.63) is 0 Å². The zero-order valence-corrected chi connectivity index (χ0v) is 25.2. The van der Waals surface area contributed by atoms with Gasteiger partial charge in [-0.2, -0.15) is 0 Å². The number of nitrogens with one attached hydrogen (secondary N) is 1. The number of esters is 3. The van der Waals surface area contributed by atoms with Crippen molar-refractivity contribution in [2.24, 2.45) is 5.73 Å². The van der Waals surface area contributed by atoms with Crippen LogP contribution >= 0.6 is 0 Å². The topological polar surface area (TPSA) is 145 Å². The molecule has 0 aliphatic heterocycles. The fourth-order valence-corrected chi connectivity index (χ4v) is 2.45. The Morgan fingerprint density at radius 1 is 0.526 bits per heavy atom. The second kappa shape index (κ2) is 21.1. The molecule has 0 aliphatic rings. The summed E-state index contributed by atoms with van der Waals surface area (Å²) in [6.07, 6.45) is 0.799. The number of nitrogens with two attached hydrogens (primary N) is 1. The van der Waals surface area contributed by atoms with E-state index in [1.807, 2.05) is 62.3 Å². The third kappa shape index (κ3) is 34.2. The summed E-state index contributed by atoms with van der Waals surface area (Å²) in [5.41, 5.74) is 3.88. The van der Waals surface area contributed by atoms with E-state index >= 15 is 0 Å². The second-order valence-corrected chi connectivity index (χ2v) is 11.4. The quantitative estimate of drug-likeness (QED) is 0.157. The van der Waals surface area contributed by atoms with E-state index in [-0.39, 0.29) is 37.2 Å². The Hall–Kier alpha value is -1.79. The molecule has 0 aromatic heterocycles. The zero-order valence-electron chi connectivity index (χ0n) is 25.2. The van der Waals surface area contributed by atoms with Crippen molar-refractivity contribution >= 4 is 17.9 Å². The van der Waals surface area contributed by atoms with Crippen molar-refractivity contribution < 1.29 is 42.8 Å². The Kier molecular flexibility index (Phi) is 21.3. The normalized spacial score (nSPS) is 11.8.